The summed E-state index contributed by atoms with van der Waals surface area (Å²) in [5.74, 6) is -1.19. The molecule has 1 rings (SSSR count). The van der Waals surface area contributed by atoms with Gasteiger partial charge >= 0.3 is 5.97 Å². The third-order valence-electron chi connectivity index (χ3n) is 2.11. The number of nitrogens with two attached hydrogens (primary N) is 1. The van der Waals surface area contributed by atoms with E-state index in [1.165, 1.54) is 6.92 Å². The first-order valence-electron chi connectivity index (χ1n) is 4.75. The Morgan fingerprint density at radius 1 is 1.47 bits per heavy atom. The lowest BCUT2D eigenvalue weighted by molar-refractivity contribution is -0.152. The molecule has 0 spiro atoms. The number of hydrogen-bond donors (Lipinski definition) is 2. The Morgan fingerprint density at radius 2 is 2.07 bits per heavy atom. The minimum atomic E-state index is -1.17. The van der Waals surface area contributed by atoms with Crippen LogP contribution < -0.4 is 5.73 Å². The van der Waals surface area contributed by atoms with Crippen LogP contribution in [0.5, 0.6) is 0 Å². The van der Waals surface area contributed by atoms with Crippen molar-refractivity contribution in [2.45, 2.75) is 19.8 Å². The Morgan fingerprint density at radius 3 is 2.60 bits per heavy atom. The van der Waals surface area contributed by atoms with Gasteiger partial charge in [0.15, 0.2) is 0 Å². The van der Waals surface area contributed by atoms with Crippen LogP contribution in [-0.2, 0) is 16.1 Å². The SMILES string of the molecule is CC(C(=O)OCc1ccccc1)C(N)O. The highest BCUT2D eigenvalue weighted by molar-refractivity contribution is 5.72. The van der Waals surface area contributed by atoms with Crippen LogP contribution in [0.25, 0.3) is 0 Å². The number of esters is 1. The van der Waals surface area contributed by atoms with Gasteiger partial charge in [0.25, 0.3) is 0 Å². The number of ether oxygens (including phenoxy) is 1. The van der Waals surface area contributed by atoms with E-state index in [4.69, 9.17) is 15.6 Å². The van der Waals surface area contributed by atoms with Crippen molar-refractivity contribution in [2.24, 2.45) is 11.7 Å². The van der Waals surface area contributed by atoms with Crippen molar-refractivity contribution in [1.82, 2.24) is 0 Å². The van der Waals surface area contributed by atoms with E-state index in [0.29, 0.717) is 0 Å². The van der Waals surface area contributed by atoms with E-state index < -0.39 is 18.1 Å². The molecule has 0 heterocycles. The maximum absolute atomic E-state index is 11.3. The lowest BCUT2D eigenvalue weighted by Crippen LogP contribution is -2.34. The number of benzene rings is 1. The Labute approximate surface area is 88.7 Å². The third-order valence-corrected chi connectivity index (χ3v) is 2.11. The number of aliphatic hydroxyl groups excluding tert-OH is 1. The van der Waals surface area contributed by atoms with Crippen LogP contribution in [0.2, 0.25) is 0 Å². The molecule has 0 saturated carbocycles. The molecule has 0 aromatic heterocycles. The Kier molecular flexibility index (Phi) is 4.27. The van der Waals surface area contributed by atoms with Crippen molar-refractivity contribution in [2.75, 3.05) is 0 Å². The summed E-state index contributed by atoms with van der Waals surface area (Å²) in [4.78, 5) is 11.3. The van der Waals surface area contributed by atoms with Gasteiger partial charge in [-0.1, -0.05) is 30.3 Å². The molecular formula is C11H15NO3. The lowest BCUT2D eigenvalue weighted by Gasteiger charge is -2.13. The first kappa shape index (κ1) is 11.7. The van der Waals surface area contributed by atoms with Crippen molar-refractivity contribution in [3.63, 3.8) is 0 Å². The normalized spacial score (nSPS) is 14.3. The molecule has 15 heavy (non-hydrogen) atoms. The van der Waals surface area contributed by atoms with Crippen molar-refractivity contribution in [1.29, 1.82) is 0 Å². The van der Waals surface area contributed by atoms with Crippen molar-refractivity contribution in [3.05, 3.63) is 35.9 Å². The number of rotatable bonds is 4. The molecule has 0 saturated heterocycles. The molecule has 0 radical (unpaired) electrons. The zero-order valence-corrected chi connectivity index (χ0v) is 8.59. The van der Waals surface area contributed by atoms with E-state index in [-0.39, 0.29) is 6.61 Å². The summed E-state index contributed by atoms with van der Waals surface area (Å²) in [6, 6.07) is 9.33. The van der Waals surface area contributed by atoms with E-state index in [0.717, 1.165) is 5.56 Å². The van der Waals surface area contributed by atoms with E-state index in [1.54, 1.807) is 0 Å². The van der Waals surface area contributed by atoms with Gasteiger partial charge in [-0.2, -0.15) is 0 Å². The highest BCUT2D eigenvalue weighted by Gasteiger charge is 2.19. The fourth-order valence-corrected chi connectivity index (χ4v) is 1.000. The Bertz CT molecular complexity index is 311. The molecule has 4 nitrogen and oxygen atoms in total. The molecule has 0 aliphatic rings. The molecule has 0 bridgehead atoms. The summed E-state index contributed by atoms with van der Waals surface area (Å²) in [5, 5.41) is 8.97. The van der Waals surface area contributed by atoms with Gasteiger partial charge in [-0.3, -0.25) is 4.79 Å². The second kappa shape index (κ2) is 5.48. The highest BCUT2D eigenvalue weighted by atomic mass is 16.5. The average Bonchev–Trinajstić information content (AvgIpc) is 2.26. The van der Waals surface area contributed by atoms with Crippen LogP contribution in [0.4, 0.5) is 0 Å². The van der Waals surface area contributed by atoms with Gasteiger partial charge < -0.3 is 15.6 Å². The minimum Gasteiger partial charge on any atom is -0.460 e. The number of aliphatic hydroxyl groups is 1. The smallest absolute Gasteiger partial charge is 0.313 e. The molecule has 1 aromatic carbocycles. The van der Waals surface area contributed by atoms with Gasteiger partial charge in [-0.15, -0.1) is 0 Å². The fourth-order valence-electron chi connectivity index (χ4n) is 1.000. The molecule has 82 valence electrons. The standard InChI is InChI=1S/C11H15NO3/c1-8(10(12)13)11(14)15-7-9-5-3-2-4-6-9/h2-6,8,10,13H,7,12H2,1H3. The molecule has 1 aromatic rings. The summed E-state index contributed by atoms with van der Waals surface area (Å²) in [7, 11) is 0. The van der Waals surface area contributed by atoms with E-state index in [1.807, 2.05) is 30.3 Å². The number of hydrogen-bond acceptors (Lipinski definition) is 4. The highest BCUT2D eigenvalue weighted by Crippen LogP contribution is 2.05. The molecule has 0 amide bonds. The molecule has 3 N–H and O–H groups in total. The summed E-state index contributed by atoms with van der Waals surface area (Å²) in [5.41, 5.74) is 6.07. The Hall–Kier alpha value is -1.39. The van der Waals surface area contributed by atoms with Gasteiger partial charge in [0.05, 0.1) is 5.92 Å². The van der Waals surface area contributed by atoms with Crippen LogP contribution in [0.3, 0.4) is 0 Å². The average molecular weight is 209 g/mol. The van der Waals surface area contributed by atoms with Crippen LogP contribution in [-0.4, -0.2) is 17.3 Å². The molecule has 0 aliphatic carbocycles. The van der Waals surface area contributed by atoms with Crippen LogP contribution in [0, 0.1) is 5.92 Å². The topological polar surface area (TPSA) is 72.5 Å². The van der Waals surface area contributed by atoms with Crippen LogP contribution in [0.1, 0.15) is 12.5 Å². The number of carbonyl (C=O) groups excluding carboxylic acids is 1. The maximum atomic E-state index is 11.3. The third kappa shape index (κ3) is 3.69. The lowest BCUT2D eigenvalue weighted by atomic mass is 10.1. The molecule has 2 atom stereocenters. The monoisotopic (exact) mass is 209 g/mol. The molecular weight excluding hydrogens is 194 g/mol. The zero-order chi connectivity index (χ0) is 11.3. The fraction of sp³-hybridized carbons (Fsp3) is 0.364. The summed E-state index contributed by atoms with van der Waals surface area (Å²) >= 11 is 0. The maximum Gasteiger partial charge on any atom is 0.313 e. The van der Waals surface area contributed by atoms with Crippen LogP contribution >= 0.6 is 0 Å². The van der Waals surface area contributed by atoms with Crippen molar-refractivity contribution < 1.29 is 14.6 Å². The second-order valence-electron chi connectivity index (χ2n) is 3.37. The minimum absolute atomic E-state index is 0.205. The Balaban J connectivity index is 2.41. The second-order valence-corrected chi connectivity index (χ2v) is 3.37. The van der Waals surface area contributed by atoms with Gasteiger partial charge in [0.1, 0.15) is 12.8 Å². The first-order chi connectivity index (χ1) is 7.11. The van der Waals surface area contributed by atoms with E-state index >= 15 is 0 Å². The summed E-state index contributed by atoms with van der Waals surface area (Å²) < 4.78 is 4.97. The molecule has 4 heteroatoms. The quantitative estimate of drug-likeness (QED) is 0.564. The largest absolute Gasteiger partial charge is 0.460 e. The predicted octanol–water partition coefficient (Wildman–Crippen LogP) is 0.643. The molecule has 0 fully saturated rings. The molecule has 0 aliphatic heterocycles. The van der Waals surface area contributed by atoms with Gasteiger partial charge in [-0.25, -0.2) is 0 Å². The van der Waals surface area contributed by atoms with Gasteiger partial charge in [0.2, 0.25) is 0 Å². The van der Waals surface area contributed by atoms with Gasteiger partial charge in [0, 0.05) is 0 Å². The zero-order valence-electron chi connectivity index (χ0n) is 8.59. The van der Waals surface area contributed by atoms with Crippen molar-refractivity contribution in [3.8, 4) is 0 Å². The molecule has 2 unspecified atom stereocenters. The van der Waals surface area contributed by atoms with Crippen LogP contribution in [0.15, 0.2) is 30.3 Å². The predicted molar refractivity (Wildman–Crippen MR) is 55.6 cm³/mol. The van der Waals surface area contributed by atoms with Gasteiger partial charge in [-0.05, 0) is 12.5 Å². The van der Waals surface area contributed by atoms with Crippen molar-refractivity contribution >= 4 is 5.97 Å². The van der Waals surface area contributed by atoms with E-state index in [9.17, 15) is 4.79 Å². The number of carbonyl (C=O) groups is 1. The van der Waals surface area contributed by atoms with E-state index in [2.05, 4.69) is 0 Å². The first-order valence-corrected chi connectivity index (χ1v) is 4.75. The summed E-state index contributed by atoms with van der Waals surface area (Å²) in [6.45, 7) is 1.73. The summed E-state index contributed by atoms with van der Waals surface area (Å²) in [6.07, 6.45) is -1.17.